The van der Waals surface area contributed by atoms with Crippen LogP contribution in [-0.4, -0.2) is 11.8 Å². The van der Waals surface area contributed by atoms with E-state index >= 15 is 0 Å². The summed E-state index contributed by atoms with van der Waals surface area (Å²) in [6.45, 7) is 3.74. The van der Waals surface area contributed by atoms with Gasteiger partial charge < -0.3 is 5.73 Å². The first-order valence-electron chi connectivity index (χ1n) is 4.91. The van der Waals surface area contributed by atoms with E-state index in [2.05, 4.69) is 30.8 Å². The molecule has 2 heteroatoms. The maximum absolute atomic E-state index is 6.12. The van der Waals surface area contributed by atoms with Crippen LogP contribution < -0.4 is 5.73 Å². The van der Waals surface area contributed by atoms with Crippen molar-refractivity contribution in [2.24, 2.45) is 5.73 Å². The van der Waals surface area contributed by atoms with Gasteiger partial charge in [0.15, 0.2) is 0 Å². The number of hydrogen-bond donors (Lipinski definition) is 1. The van der Waals surface area contributed by atoms with Crippen molar-refractivity contribution in [1.82, 2.24) is 0 Å². The Balaban J connectivity index is 2.21. The molecule has 1 heterocycles. The van der Waals surface area contributed by atoms with Crippen molar-refractivity contribution >= 4 is 11.8 Å². The van der Waals surface area contributed by atoms with Crippen molar-refractivity contribution in [2.75, 3.05) is 5.75 Å². The first-order chi connectivity index (χ1) is 6.83. The molecule has 0 aliphatic carbocycles. The third-order valence-electron chi connectivity index (χ3n) is 2.69. The van der Waals surface area contributed by atoms with Gasteiger partial charge in [-0.3, -0.25) is 0 Å². The lowest BCUT2D eigenvalue weighted by Gasteiger charge is -2.17. The molecule has 1 aromatic rings. The van der Waals surface area contributed by atoms with Gasteiger partial charge in [-0.15, -0.1) is 18.3 Å². The molecule has 0 radical (unpaired) electrons. The highest BCUT2D eigenvalue weighted by Crippen LogP contribution is 2.41. The predicted octanol–water partition coefficient (Wildman–Crippen LogP) is 2.78. The first kappa shape index (κ1) is 9.81. The molecule has 1 aromatic carbocycles. The van der Waals surface area contributed by atoms with Crippen molar-refractivity contribution in [3.8, 4) is 0 Å². The number of fused-ring (bicyclic) bond motifs is 1. The molecule has 0 saturated heterocycles. The molecule has 0 bridgehead atoms. The molecular formula is C12H15NS. The maximum atomic E-state index is 6.12. The highest BCUT2D eigenvalue weighted by Gasteiger charge is 2.26. The summed E-state index contributed by atoms with van der Waals surface area (Å²) in [5, 5.41) is 0. The molecule has 1 nitrogen and oxygen atoms in total. The van der Waals surface area contributed by atoms with Crippen LogP contribution in [0.15, 0.2) is 41.8 Å². The van der Waals surface area contributed by atoms with Crippen molar-refractivity contribution in [3.63, 3.8) is 0 Å². The van der Waals surface area contributed by atoms with Crippen molar-refractivity contribution < 1.29 is 0 Å². The van der Waals surface area contributed by atoms with E-state index in [-0.39, 0.29) is 6.04 Å². The van der Waals surface area contributed by atoms with E-state index in [9.17, 15) is 0 Å². The highest BCUT2D eigenvalue weighted by molar-refractivity contribution is 7.99. The summed E-state index contributed by atoms with van der Waals surface area (Å²) >= 11 is 1.92. The highest BCUT2D eigenvalue weighted by atomic mass is 32.2. The molecule has 2 N–H and O–H groups in total. The van der Waals surface area contributed by atoms with Gasteiger partial charge in [-0.05, 0) is 18.1 Å². The Bertz CT molecular complexity index is 335. The average molecular weight is 205 g/mol. The first-order valence-corrected chi connectivity index (χ1v) is 5.89. The van der Waals surface area contributed by atoms with E-state index in [0.717, 1.165) is 12.2 Å². The van der Waals surface area contributed by atoms with E-state index in [4.69, 9.17) is 5.73 Å². The minimum atomic E-state index is 0.226. The van der Waals surface area contributed by atoms with Crippen LogP contribution in [0.3, 0.4) is 0 Å². The minimum Gasteiger partial charge on any atom is -0.327 e. The zero-order valence-electron chi connectivity index (χ0n) is 8.15. The van der Waals surface area contributed by atoms with Crippen LogP contribution in [-0.2, 0) is 0 Å². The Morgan fingerprint density at radius 2 is 2.36 bits per heavy atom. The van der Waals surface area contributed by atoms with Crippen LogP contribution in [0.5, 0.6) is 0 Å². The zero-order valence-corrected chi connectivity index (χ0v) is 8.96. The smallest absolute Gasteiger partial charge is 0.0151 e. The number of benzene rings is 1. The van der Waals surface area contributed by atoms with Gasteiger partial charge in [-0.2, -0.15) is 0 Å². The topological polar surface area (TPSA) is 26.0 Å². The number of nitrogens with two attached hydrogens (primary N) is 1. The molecule has 2 unspecified atom stereocenters. The number of rotatable bonds is 3. The van der Waals surface area contributed by atoms with Crippen molar-refractivity contribution in [1.29, 1.82) is 0 Å². The lowest BCUT2D eigenvalue weighted by atomic mass is 9.92. The SMILES string of the molecule is C=CCC(N)C1CSc2ccccc21. The van der Waals surface area contributed by atoms with Crippen LogP contribution in [0.2, 0.25) is 0 Å². The summed E-state index contributed by atoms with van der Waals surface area (Å²) in [6, 6.07) is 8.79. The molecule has 74 valence electrons. The summed E-state index contributed by atoms with van der Waals surface area (Å²) in [7, 11) is 0. The van der Waals surface area contributed by atoms with E-state index < -0.39 is 0 Å². The Labute approximate surface area is 89.4 Å². The predicted molar refractivity (Wildman–Crippen MR) is 62.7 cm³/mol. The molecule has 0 amide bonds. The third kappa shape index (κ3) is 1.72. The van der Waals surface area contributed by atoms with Gasteiger partial charge in [-0.1, -0.05) is 24.3 Å². The Kier molecular flexibility index (Phi) is 2.94. The standard InChI is InChI=1S/C12H15NS/c1-2-5-11(13)10-8-14-12-7-4-3-6-9(10)12/h2-4,6-7,10-11H,1,5,8,13H2. The quantitative estimate of drug-likeness (QED) is 0.768. The van der Waals surface area contributed by atoms with E-state index in [1.54, 1.807) is 0 Å². The summed E-state index contributed by atoms with van der Waals surface area (Å²) in [5.74, 6) is 1.63. The largest absolute Gasteiger partial charge is 0.327 e. The van der Waals surface area contributed by atoms with Crippen molar-refractivity contribution in [2.45, 2.75) is 23.3 Å². The molecule has 0 fully saturated rings. The molecule has 2 atom stereocenters. The molecule has 14 heavy (non-hydrogen) atoms. The number of hydrogen-bond acceptors (Lipinski definition) is 2. The summed E-state index contributed by atoms with van der Waals surface area (Å²) < 4.78 is 0. The second-order valence-electron chi connectivity index (χ2n) is 3.64. The van der Waals surface area contributed by atoms with Gasteiger partial charge in [0.05, 0.1) is 0 Å². The fraction of sp³-hybridized carbons (Fsp3) is 0.333. The minimum absolute atomic E-state index is 0.226. The van der Waals surface area contributed by atoms with Crippen LogP contribution in [0.4, 0.5) is 0 Å². The Morgan fingerprint density at radius 1 is 1.57 bits per heavy atom. The van der Waals surface area contributed by atoms with E-state index in [1.807, 2.05) is 17.8 Å². The summed E-state index contributed by atoms with van der Waals surface area (Å²) in [5.41, 5.74) is 7.54. The lowest BCUT2D eigenvalue weighted by molar-refractivity contribution is 0.582. The van der Waals surface area contributed by atoms with Gasteiger partial charge in [-0.25, -0.2) is 0 Å². The average Bonchev–Trinajstić information content (AvgIpc) is 2.61. The van der Waals surface area contributed by atoms with Gasteiger partial charge >= 0.3 is 0 Å². The molecule has 0 saturated carbocycles. The summed E-state index contributed by atoms with van der Waals surface area (Å²) in [6.07, 6.45) is 2.82. The molecule has 0 aromatic heterocycles. The Hall–Kier alpha value is -0.730. The normalized spacial score (nSPS) is 21.6. The van der Waals surface area contributed by atoms with Gasteiger partial charge in [0.1, 0.15) is 0 Å². The van der Waals surface area contributed by atoms with Gasteiger partial charge in [0, 0.05) is 22.6 Å². The van der Waals surface area contributed by atoms with Gasteiger partial charge in [0.25, 0.3) is 0 Å². The monoisotopic (exact) mass is 205 g/mol. The summed E-state index contributed by atoms with van der Waals surface area (Å²) in [4.78, 5) is 1.40. The fourth-order valence-corrected chi connectivity index (χ4v) is 3.25. The van der Waals surface area contributed by atoms with E-state index in [1.165, 1.54) is 10.5 Å². The lowest BCUT2D eigenvalue weighted by Crippen LogP contribution is -2.27. The van der Waals surface area contributed by atoms with Gasteiger partial charge in [0.2, 0.25) is 0 Å². The molecule has 0 spiro atoms. The van der Waals surface area contributed by atoms with Crippen LogP contribution in [0.1, 0.15) is 17.9 Å². The second kappa shape index (κ2) is 4.20. The molecule has 1 aliphatic heterocycles. The van der Waals surface area contributed by atoms with E-state index in [0.29, 0.717) is 5.92 Å². The third-order valence-corrected chi connectivity index (χ3v) is 3.90. The van der Waals surface area contributed by atoms with Crippen LogP contribution >= 0.6 is 11.8 Å². The second-order valence-corrected chi connectivity index (χ2v) is 4.71. The molecular weight excluding hydrogens is 190 g/mol. The van der Waals surface area contributed by atoms with Crippen molar-refractivity contribution in [3.05, 3.63) is 42.5 Å². The molecule has 1 aliphatic rings. The zero-order chi connectivity index (χ0) is 9.97. The number of thioether (sulfide) groups is 1. The van der Waals surface area contributed by atoms with Crippen LogP contribution in [0.25, 0.3) is 0 Å². The molecule has 2 rings (SSSR count). The van der Waals surface area contributed by atoms with Crippen LogP contribution in [0, 0.1) is 0 Å². The Morgan fingerprint density at radius 3 is 3.14 bits per heavy atom. The fourth-order valence-electron chi connectivity index (χ4n) is 1.90. The maximum Gasteiger partial charge on any atom is 0.0151 e.